The van der Waals surface area contributed by atoms with Crippen LogP contribution in [0.5, 0.6) is 0 Å². The number of carbonyl (C=O) groups excluding carboxylic acids is 1. The molecule has 0 aromatic rings. The number of fused-ring (bicyclic) bond motifs is 1. The number of likely N-dealkylation sites (tertiary alicyclic amines) is 1. The van der Waals surface area contributed by atoms with Crippen LogP contribution in [-0.4, -0.2) is 39.8 Å². The van der Waals surface area contributed by atoms with Crippen LogP contribution in [0.15, 0.2) is 0 Å². The van der Waals surface area contributed by atoms with E-state index in [1.54, 1.807) is 0 Å². The van der Waals surface area contributed by atoms with Gasteiger partial charge in [-0.25, -0.2) is 6.57 Å². The van der Waals surface area contributed by atoms with Gasteiger partial charge in [0.25, 0.3) is 0 Å². The molecular weight excluding hydrogens is 290 g/mol. The third-order valence-corrected chi connectivity index (χ3v) is 7.48. The molecule has 6 aliphatic rings. The van der Waals surface area contributed by atoms with E-state index in [1.807, 2.05) is 4.90 Å². The van der Waals surface area contributed by atoms with Crippen molar-refractivity contribution in [2.45, 2.75) is 75.2 Å². The molecule has 1 amide bonds. The monoisotopic (exact) mass is 315 g/mol. The molecule has 5 saturated carbocycles. The van der Waals surface area contributed by atoms with Gasteiger partial charge >= 0.3 is 6.17 Å². The van der Waals surface area contributed by atoms with Gasteiger partial charge in [-0.2, -0.15) is 0 Å². The van der Waals surface area contributed by atoms with Gasteiger partial charge in [-0.15, -0.1) is 0 Å². The van der Waals surface area contributed by atoms with Gasteiger partial charge in [0.15, 0.2) is 0 Å². The first-order chi connectivity index (χ1) is 10.9. The zero-order valence-corrected chi connectivity index (χ0v) is 13.4. The van der Waals surface area contributed by atoms with Crippen LogP contribution < -0.4 is 5.73 Å². The Bertz CT molecular complexity index is 598. The number of hydrogen-bond acceptors (Lipinski definition) is 3. The fourth-order valence-electron chi connectivity index (χ4n) is 6.93. The summed E-state index contributed by atoms with van der Waals surface area (Å²) >= 11 is 0. The second kappa shape index (κ2) is 4.29. The number of carbonyl (C=O) groups is 1. The minimum atomic E-state index is -0.589. The first-order valence-corrected chi connectivity index (χ1v) is 9.10. The summed E-state index contributed by atoms with van der Waals surface area (Å²) < 4.78 is 0. The first kappa shape index (κ1) is 14.2. The average molecular weight is 315 g/mol. The molecule has 5 aliphatic carbocycles. The van der Waals surface area contributed by atoms with E-state index in [1.165, 1.54) is 6.42 Å². The number of aliphatic hydroxyl groups is 1. The summed E-state index contributed by atoms with van der Waals surface area (Å²) in [4.78, 5) is 18.6. The van der Waals surface area contributed by atoms with Gasteiger partial charge in [0.2, 0.25) is 5.91 Å². The van der Waals surface area contributed by atoms with Gasteiger partial charge < -0.3 is 10.8 Å². The van der Waals surface area contributed by atoms with Crippen molar-refractivity contribution in [3.8, 4) is 0 Å². The lowest BCUT2D eigenvalue weighted by Gasteiger charge is -2.61. The van der Waals surface area contributed by atoms with Gasteiger partial charge in [0.05, 0.1) is 11.6 Å². The van der Waals surface area contributed by atoms with Crippen molar-refractivity contribution in [1.82, 2.24) is 4.90 Å². The number of nitrogens with zero attached hydrogens (tertiary/aromatic N) is 2. The number of rotatable bonds is 2. The van der Waals surface area contributed by atoms with Crippen molar-refractivity contribution in [3.05, 3.63) is 11.4 Å². The van der Waals surface area contributed by atoms with E-state index >= 15 is 0 Å². The van der Waals surface area contributed by atoms with Gasteiger partial charge in [0, 0.05) is 12.5 Å². The lowest BCUT2D eigenvalue weighted by Crippen LogP contribution is -2.64. The highest BCUT2D eigenvalue weighted by Crippen LogP contribution is 2.63. The first-order valence-electron chi connectivity index (χ1n) is 9.10. The Morgan fingerprint density at radius 2 is 1.91 bits per heavy atom. The van der Waals surface area contributed by atoms with Gasteiger partial charge in [0.1, 0.15) is 0 Å². The molecule has 6 fully saturated rings. The third kappa shape index (κ3) is 1.88. The quantitative estimate of drug-likeness (QED) is 0.759. The Hall–Kier alpha value is -1.12. The largest absolute Gasteiger partial charge is 0.390 e. The maximum atomic E-state index is 13.1. The van der Waals surface area contributed by atoms with E-state index in [0.717, 1.165) is 38.5 Å². The fourth-order valence-corrected chi connectivity index (χ4v) is 6.93. The van der Waals surface area contributed by atoms with Crippen molar-refractivity contribution in [2.75, 3.05) is 0 Å². The average Bonchev–Trinajstić information content (AvgIpc) is 3.14. The smallest absolute Gasteiger partial charge is 0.301 e. The number of piperidine rings is 1. The molecule has 0 radical (unpaired) electrons. The fraction of sp³-hybridized carbons (Fsp3) is 0.889. The lowest BCUT2D eigenvalue weighted by molar-refractivity contribution is -0.177. The highest BCUT2D eigenvalue weighted by molar-refractivity contribution is 5.84. The van der Waals surface area contributed by atoms with E-state index in [0.29, 0.717) is 24.2 Å². The van der Waals surface area contributed by atoms with Crippen LogP contribution in [-0.2, 0) is 4.79 Å². The third-order valence-electron chi connectivity index (χ3n) is 7.48. The van der Waals surface area contributed by atoms with E-state index in [4.69, 9.17) is 12.3 Å². The Balaban J connectivity index is 1.43. The summed E-state index contributed by atoms with van der Waals surface area (Å²) in [5.41, 5.74) is 5.73. The standard InChI is InChI=1S/C18H25N3O2/c1-20-14-4-12-3-13(12)21(14)16(22)15(19)17-5-10-2-11(6-17)8-18(23,7-10)9-17/h10-15,23H,2-9,19H2/t10?,11?,12-,13?,14-,15+,17?,18?/m0/s1. The molecule has 0 aromatic heterocycles. The summed E-state index contributed by atoms with van der Waals surface area (Å²) in [7, 11) is 0. The minimum absolute atomic E-state index is 0.0125. The lowest BCUT2D eigenvalue weighted by atomic mass is 9.46. The van der Waals surface area contributed by atoms with E-state index in [2.05, 4.69) is 4.85 Å². The highest BCUT2D eigenvalue weighted by Gasteiger charge is 2.63. The molecule has 1 aliphatic heterocycles. The maximum Gasteiger partial charge on any atom is 0.301 e. The molecule has 1 saturated heterocycles. The molecule has 3 unspecified atom stereocenters. The predicted octanol–water partition coefficient (Wildman–Crippen LogP) is 1.51. The van der Waals surface area contributed by atoms with E-state index in [9.17, 15) is 9.90 Å². The molecule has 4 bridgehead atoms. The Kier molecular flexibility index (Phi) is 2.65. The second-order valence-corrected chi connectivity index (χ2v) is 9.18. The molecule has 1 heterocycles. The molecule has 23 heavy (non-hydrogen) atoms. The number of nitrogens with two attached hydrogens (primary N) is 1. The molecule has 124 valence electrons. The second-order valence-electron chi connectivity index (χ2n) is 9.18. The molecule has 0 spiro atoms. The molecule has 6 atom stereocenters. The summed E-state index contributed by atoms with van der Waals surface area (Å²) in [6, 6.07) is -0.270. The Morgan fingerprint density at radius 1 is 1.22 bits per heavy atom. The minimum Gasteiger partial charge on any atom is -0.390 e. The molecule has 6 rings (SSSR count). The number of hydrogen-bond donors (Lipinski definition) is 2. The topological polar surface area (TPSA) is 70.9 Å². The van der Waals surface area contributed by atoms with Crippen LogP contribution in [0.25, 0.3) is 4.85 Å². The molecule has 5 heteroatoms. The van der Waals surface area contributed by atoms with Gasteiger partial charge in [-0.3, -0.25) is 14.5 Å². The molecule has 3 N–H and O–H groups in total. The van der Waals surface area contributed by atoms with Crippen LogP contribution >= 0.6 is 0 Å². The van der Waals surface area contributed by atoms with Crippen LogP contribution in [0.4, 0.5) is 0 Å². The van der Waals surface area contributed by atoms with Gasteiger partial charge in [-0.05, 0) is 68.1 Å². The van der Waals surface area contributed by atoms with E-state index < -0.39 is 11.6 Å². The van der Waals surface area contributed by atoms with Crippen molar-refractivity contribution in [3.63, 3.8) is 0 Å². The summed E-state index contributed by atoms with van der Waals surface area (Å²) in [6.07, 6.45) is 7.23. The SMILES string of the molecule is [C-]#[N+][C@@H]1C[C@@H]2CC2N1C(=O)[C@@H](N)C12CC3CC(CC(O)(C3)C1)C2. The van der Waals surface area contributed by atoms with Crippen LogP contribution in [0.3, 0.4) is 0 Å². The van der Waals surface area contributed by atoms with Crippen LogP contribution in [0, 0.1) is 29.7 Å². The summed E-state index contributed by atoms with van der Waals surface area (Å²) in [5.74, 6) is 1.58. The van der Waals surface area contributed by atoms with E-state index in [-0.39, 0.29) is 23.5 Å². The van der Waals surface area contributed by atoms with Crippen molar-refractivity contribution in [1.29, 1.82) is 0 Å². The van der Waals surface area contributed by atoms with Crippen molar-refractivity contribution >= 4 is 5.91 Å². The van der Waals surface area contributed by atoms with Crippen molar-refractivity contribution in [2.24, 2.45) is 28.9 Å². The molecular formula is C18H25N3O2. The highest BCUT2D eigenvalue weighted by atomic mass is 16.3. The zero-order valence-electron chi connectivity index (χ0n) is 13.4. The maximum absolute atomic E-state index is 13.1. The van der Waals surface area contributed by atoms with Crippen LogP contribution in [0.2, 0.25) is 0 Å². The normalized spacial score (nSPS) is 53.8. The van der Waals surface area contributed by atoms with Crippen LogP contribution in [0.1, 0.15) is 51.4 Å². The molecule has 5 nitrogen and oxygen atoms in total. The van der Waals surface area contributed by atoms with Gasteiger partial charge in [-0.1, -0.05) is 0 Å². The summed E-state index contributed by atoms with van der Waals surface area (Å²) in [6.45, 7) is 7.38. The van der Waals surface area contributed by atoms with Crippen molar-refractivity contribution < 1.29 is 9.90 Å². The Morgan fingerprint density at radius 3 is 2.52 bits per heavy atom. The Labute approximate surface area is 137 Å². The summed E-state index contributed by atoms with van der Waals surface area (Å²) in [5, 5.41) is 10.9. The number of amides is 1. The zero-order chi connectivity index (χ0) is 16.0. The predicted molar refractivity (Wildman–Crippen MR) is 83.8 cm³/mol. The molecule has 0 aromatic carbocycles.